The number of hydrogen-bond donors (Lipinski definition) is 0. The first kappa shape index (κ1) is 18.5. The Bertz CT molecular complexity index is 477. The fourth-order valence-corrected chi connectivity index (χ4v) is 2.75. The number of allylic oxidation sites excluding steroid dienone is 2. The van der Waals surface area contributed by atoms with Gasteiger partial charge in [-0.3, -0.25) is 9.59 Å². The van der Waals surface area contributed by atoms with Crippen molar-refractivity contribution in [1.82, 2.24) is 0 Å². The molecule has 1 aliphatic rings. The molecule has 1 fully saturated rings. The molecule has 0 bridgehead atoms. The summed E-state index contributed by atoms with van der Waals surface area (Å²) in [6, 6.07) is 0. The van der Waals surface area contributed by atoms with Crippen molar-refractivity contribution in [2.45, 2.75) is 66.6 Å². The third kappa shape index (κ3) is 3.79. The van der Waals surface area contributed by atoms with Gasteiger partial charge in [0.2, 0.25) is 0 Å². The van der Waals surface area contributed by atoms with Crippen LogP contribution in [-0.2, 0) is 19.1 Å². The summed E-state index contributed by atoms with van der Waals surface area (Å²) in [5.41, 5.74) is -1.96. The Kier molecular flexibility index (Phi) is 5.26. The van der Waals surface area contributed by atoms with Crippen molar-refractivity contribution in [3.63, 3.8) is 0 Å². The van der Waals surface area contributed by atoms with Crippen molar-refractivity contribution >= 4 is 11.9 Å². The Hall–Kier alpha value is -1.58. The summed E-state index contributed by atoms with van der Waals surface area (Å²) in [6.45, 7) is 18.4. The van der Waals surface area contributed by atoms with E-state index in [0.29, 0.717) is 0 Å². The van der Waals surface area contributed by atoms with E-state index >= 15 is 0 Å². The molecule has 4 heteroatoms. The van der Waals surface area contributed by atoms with Gasteiger partial charge in [0.1, 0.15) is 0 Å². The Balaban J connectivity index is 3.09. The van der Waals surface area contributed by atoms with E-state index in [9.17, 15) is 9.59 Å². The molecule has 2 radical (unpaired) electrons. The van der Waals surface area contributed by atoms with Crippen molar-refractivity contribution in [3.05, 3.63) is 24.3 Å². The first-order chi connectivity index (χ1) is 9.97. The zero-order valence-corrected chi connectivity index (χ0v) is 14.4. The smallest absolute Gasteiger partial charge is 0.331 e. The quantitative estimate of drug-likeness (QED) is 0.425. The molecule has 1 rings (SSSR count). The largest absolute Gasteiger partial charge is 0.422 e. The third-order valence-electron chi connectivity index (χ3n) is 3.98. The lowest BCUT2D eigenvalue weighted by atomic mass is 9.67. The number of carbonyl (C=O) groups is 2. The van der Waals surface area contributed by atoms with E-state index in [1.165, 1.54) is 20.8 Å². The maximum absolute atomic E-state index is 12.5. The van der Waals surface area contributed by atoms with Crippen molar-refractivity contribution in [2.24, 2.45) is 10.8 Å². The highest BCUT2D eigenvalue weighted by atomic mass is 16.7. The van der Waals surface area contributed by atoms with E-state index in [1.807, 2.05) is 32.9 Å². The minimum atomic E-state index is -1.63. The summed E-state index contributed by atoms with van der Waals surface area (Å²) < 4.78 is 10.5. The van der Waals surface area contributed by atoms with Gasteiger partial charge in [-0.2, -0.15) is 0 Å². The molecule has 0 aliphatic carbocycles. The fraction of sp³-hybridized carbons (Fsp3) is 0.667. The van der Waals surface area contributed by atoms with Gasteiger partial charge in [-0.15, -0.1) is 0 Å². The molecule has 0 atom stereocenters. The van der Waals surface area contributed by atoms with Gasteiger partial charge in [-0.1, -0.05) is 26.0 Å². The molecule has 0 amide bonds. The monoisotopic (exact) mass is 306 g/mol. The van der Waals surface area contributed by atoms with Crippen LogP contribution in [0.15, 0.2) is 17.7 Å². The molecule has 122 valence electrons. The van der Waals surface area contributed by atoms with E-state index in [1.54, 1.807) is 0 Å². The van der Waals surface area contributed by atoms with Gasteiger partial charge in [-0.05, 0) is 50.7 Å². The topological polar surface area (TPSA) is 52.6 Å². The van der Waals surface area contributed by atoms with Gasteiger partial charge in [0.05, 0.1) is 0 Å². The molecule has 0 aromatic rings. The van der Waals surface area contributed by atoms with Gasteiger partial charge in [0.25, 0.3) is 5.79 Å². The number of carbonyl (C=O) groups excluding carboxylic acids is 2. The first-order valence-corrected chi connectivity index (χ1v) is 7.60. The average Bonchev–Trinajstić information content (AvgIpc) is 2.32. The molecule has 1 saturated heterocycles. The van der Waals surface area contributed by atoms with Crippen LogP contribution in [0.5, 0.6) is 0 Å². The van der Waals surface area contributed by atoms with E-state index in [2.05, 4.69) is 0 Å². The summed E-state index contributed by atoms with van der Waals surface area (Å²) in [6.07, 6.45) is 5.88. The average molecular weight is 306 g/mol. The molecule has 22 heavy (non-hydrogen) atoms. The van der Waals surface area contributed by atoms with Crippen LogP contribution in [0.3, 0.4) is 0 Å². The van der Waals surface area contributed by atoms with E-state index in [4.69, 9.17) is 16.1 Å². The van der Waals surface area contributed by atoms with Crippen LogP contribution in [0.25, 0.3) is 0 Å². The van der Waals surface area contributed by atoms with Gasteiger partial charge >= 0.3 is 11.9 Å². The van der Waals surface area contributed by atoms with Crippen LogP contribution in [0, 0.1) is 17.4 Å². The molecule has 0 unspecified atom stereocenters. The molecule has 0 saturated carbocycles. The van der Waals surface area contributed by atoms with Crippen LogP contribution in [0.4, 0.5) is 0 Å². The highest BCUT2D eigenvalue weighted by molar-refractivity contribution is 6.04. The van der Waals surface area contributed by atoms with Crippen molar-refractivity contribution in [1.29, 1.82) is 0 Å². The number of rotatable bonds is 6. The Morgan fingerprint density at radius 1 is 1.23 bits per heavy atom. The van der Waals surface area contributed by atoms with Crippen LogP contribution >= 0.6 is 0 Å². The first-order valence-electron chi connectivity index (χ1n) is 7.60. The maximum Gasteiger partial charge on any atom is 0.331 e. The summed E-state index contributed by atoms with van der Waals surface area (Å²) in [5.74, 6) is -2.64. The SMILES string of the molecule is [C]=C(C)C1(CC(C)(C)CC/C=C/C)C(=O)OC(C)(C)OC1=O. The van der Waals surface area contributed by atoms with Gasteiger partial charge in [0, 0.05) is 13.8 Å². The van der Waals surface area contributed by atoms with Gasteiger partial charge in [0.15, 0.2) is 5.41 Å². The van der Waals surface area contributed by atoms with Crippen LogP contribution in [0.2, 0.25) is 0 Å². The highest BCUT2D eigenvalue weighted by Crippen LogP contribution is 2.46. The van der Waals surface area contributed by atoms with E-state index in [0.717, 1.165) is 12.8 Å². The molecule has 0 aromatic heterocycles. The summed E-state index contributed by atoms with van der Waals surface area (Å²) >= 11 is 0. The molecule has 1 heterocycles. The second kappa shape index (κ2) is 6.27. The van der Waals surface area contributed by atoms with Crippen LogP contribution < -0.4 is 0 Å². The lowest BCUT2D eigenvalue weighted by molar-refractivity contribution is -0.249. The molecule has 1 aliphatic heterocycles. The maximum atomic E-state index is 12.5. The predicted octanol–water partition coefficient (Wildman–Crippen LogP) is 3.84. The van der Waals surface area contributed by atoms with Gasteiger partial charge < -0.3 is 9.47 Å². The molecular weight excluding hydrogens is 280 g/mol. The summed E-state index contributed by atoms with van der Waals surface area (Å²) in [4.78, 5) is 25.0. The Morgan fingerprint density at radius 3 is 2.14 bits per heavy atom. The second-order valence-corrected chi connectivity index (χ2v) is 7.16. The second-order valence-electron chi connectivity index (χ2n) is 7.16. The molecular formula is C18H26O4. The lowest BCUT2D eigenvalue weighted by Crippen LogP contribution is -2.55. The minimum absolute atomic E-state index is 0.0305. The van der Waals surface area contributed by atoms with Gasteiger partial charge in [-0.25, -0.2) is 0 Å². The zero-order valence-electron chi connectivity index (χ0n) is 14.4. The molecule has 4 nitrogen and oxygen atoms in total. The number of hydrogen-bond acceptors (Lipinski definition) is 4. The normalized spacial score (nSPS) is 20.6. The van der Waals surface area contributed by atoms with E-state index < -0.39 is 23.1 Å². The third-order valence-corrected chi connectivity index (χ3v) is 3.98. The molecule has 0 N–H and O–H groups in total. The number of ether oxygens (including phenoxy) is 2. The Labute approximate surface area is 133 Å². The van der Waals surface area contributed by atoms with E-state index in [-0.39, 0.29) is 17.4 Å². The van der Waals surface area contributed by atoms with Crippen molar-refractivity contribution < 1.29 is 19.1 Å². The van der Waals surface area contributed by atoms with Crippen molar-refractivity contribution in [2.75, 3.05) is 0 Å². The highest BCUT2D eigenvalue weighted by Gasteiger charge is 2.58. The summed E-state index contributed by atoms with van der Waals surface area (Å²) in [5, 5.41) is 0. The van der Waals surface area contributed by atoms with Crippen molar-refractivity contribution in [3.8, 4) is 0 Å². The minimum Gasteiger partial charge on any atom is -0.422 e. The predicted molar refractivity (Wildman–Crippen MR) is 83.6 cm³/mol. The lowest BCUT2D eigenvalue weighted by Gasteiger charge is -2.43. The molecule has 0 aromatic carbocycles. The number of cyclic esters (lactones) is 2. The van der Waals surface area contributed by atoms with Crippen LogP contribution in [-0.4, -0.2) is 17.7 Å². The summed E-state index contributed by atoms with van der Waals surface area (Å²) in [7, 11) is 0. The zero-order chi connectivity index (χ0) is 17.2. The standard InChI is InChI=1S/C18H26O4/c1-8-9-10-11-16(4,5)12-18(13(2)3)14(19)21-17(6,7)22-15(18)20/h8-9H,10-12H2,1-2,4-7H3/b9-8+. The fourth-order valence-electron chi connectivity index (χ4n) is 2.75. The molecule has 0 spiro atoms. The Morgan fingerprint density at radius 2 is 1.73 bits per heavy atom. The number of esters is 2. The van der Waals surface area contributed by atoms with Crippen LogP contribution in [0.1, 0.15) is 60.8 Å².